The van der Waals surface area contributed by atoms with Crippen molar-refractivity contribution in [3.63, 3.8) is 0 Å². The van der Waals surface area contributed by atoms with Gasteiger partial charge in [0.05, 0.1) is 24.6 Å². The van der Waals surface area contributed by atoms with Crippen molar-refractivity contribution in [2.24, 2.45) is 10.9 Å². The number of fused-ring (bicyclic) bond motifs is 1. The minimum Gasteiger partial charge on any atom is -0.497 e. The molecule has 1 aromatic rings. The standard InChI is InChI=1S/C27H30BrN3O4/c1-5-8-21(28)24-17(2)25(32)30(26(24)33)16-15-23-29-22-10-7-6-9-20(22)27(3,34)31(23)18-11-13-19(35-4)14-12-18/h6-14,20,22,34H,5,15-16H2,1-4H3/b21-8+. The highest BCUT2D eigenvalue weighted by atomic mass is 79.9. The van der Waals surface area contributed by atoms with Gasteiger partial charge in [-0.05, 0) is 44.5 Å². The van der Waals surface area contributed by atoms with Crippen LogP contribution < -0.4 is 9.64 Å². The van der Waals surface area contributed by atoms with E-state index in [4.69, 9.17) is 9.73 Å². The Morgan fingerprint density at radius 2 is 1.89 bits per heavy atom. The first-order valence-electron chi connectivity index (χ1n) is 11.7. The third-order valence-corrected chi connectivity index (χ3v) is 7.38. The summed E-state index contributed by atoms with van der Waals surface area (Å²) in [6.45, 7) is 5.58. The number of benzene rings is 1. The lowest BCUT2D eigenvalue weighted by molar-refractivity contribution is -0.137. The first kappa shape index (κ1) is 25.1. The number of aliphatic hydroxyl groups is 1. The molecule has 0 saturated heterocycles. The van der Waals surface area contributed by atoms with E-state index in [0.29, 0.717) is 33.6 Å². The number of carbonyl (C=O) groups excluding carboxylic acids is 2. The first-order valence-corrected chi connectivity index (χ1v) is 12.5. The van der Waals surface area contributed by atoms with E-state index in [9.17, 15) is 14.7 Å². The lowest BCUT2D eigenvalue weighted by atomic mass is 9.83. The van der Waals surface area contributed by atoms with Crippen LogP contribution in [0.1, 0.15) is 33.6 Å². The molecule has 3 aliphatic rings. The summed E-state index contributed by atoms with van der Waals surface area (Å²) in [5, 5.41) is 11.8. The van der Waals surface area contributed by atoms with Crippen LogP contribution in [-0.2, 0) is 9.59 Å². The molecule has 0 aromatic heterocycles. The summed E-state index contributed by atoms with van der Waals surface area (Å²) in [4.78, 5) is 34.1. The Kier molecular flexibility index (Phi) is 7.15. The fourth-order valence-electron chi connectivity index (χ4n) is 4.86. The Labute approximate surface area is 214 Å². The molecule has 8 heteroatoms. The molecule has 3 atom stereocenters. The van der Waals surface area contributed by atoms with Crippen LogP contribution in [0.15, 0.2) is 75.3 Å². The van der Waals surface area contributed by atoms with Crippen molar-refractivity contribution in [3.8, 4) is 5.75 Å². The normalized spacial score (nSPS) is 26.5. The lowest BCUT2D eigenvalue weighted by Crippen LogP contribution is -2.61. The number of methoxy groups -OCH3 is 1. The number of amides is 2. The van der Waals surface area contributed by atoms with Crippen LogP contribution in [-0.4, -0.2) is 53.1 Å². The number of anilines is 1. The molecule has 0 saturated carbocycles. The average Bonchev–Trinajstić information content (AvgIpc) is 3.05. The Morgan fingerprint density at radius 1 is 1.20 bits per heavy atom. The van der Waals surface area contributed by atoms with Crippen LogP contribution in [0.3, 0.4) is 0 Å². The molecular formula is C27H30BrN3O4. The maximum Gasteiger partial charge on any atom is 0.262 e. The van der Waals surface area contributed by atoms with Crippen LogP contribution in [0.2, 0.25) is 0 Å². The molecule has 35 heavy (non-hydrogen) atoms. The summed E-state index contributed by atoms with van der Waals surface area (Å²) in [6.07, 6.45) is 10.7. The second-order valence-electron chi connectivity index (χ2n) is 8.93. The van der Waals surface area contributed by atoms with Crippen molar-refractivity contribution in [3.05, 3.63) is 70.3 Å². The fraction of sp³-hybridized carbons (Fsp3) is 0.370. The predicted molar refractivity (Wildman–Crippen MR) is 140 cm³/mol. The molecule has 0 fully saturated rings. The van der Waals surface area contributed by atoms with Crippen molar-refractivity contribution >= 4 is 39.3 Å². The molecule has 2 heterocycles. The summed E-state index contributed by atoms with van der Waals surface area (Å²) in [5.41, 5.74) is 0.306. The smallest absolute Gasteiger partial charge is 0.262 e. The van der Waals surface area contributed by atoms with Gasteiger partial charge in [-0.1, -0.05) is 53.2 Å². The maximum atomic E-state index is 13.1. The fourth-order valence-corrected chi connectivity index (χ4v) is 5.65. The molecule has 2 aliphatic heterocycles. The number of hydrogen-bond acceptors (Lipinski definition) is 6. The van der Waals surface area contributed by atoms with Gasteiger partial charge in [0.25, 0.3) is 11.8 Å². The van der Waals surface area contributed by atoms with Crippen molar-refractivity contribution < 1.29 is 19.4 Å². The topological polar surface area (TPSA) is 82.4 Å². The third kappa shape index (κ3) is 4.52. The minimum absolute atomic E-state index is 0.156. The SMILES string of the molecule is CC/C=C(/Br)C1=C(C)C(=O)N(CCC2=NC3C=CC=CC3C(C)(O)N2c2ccc(OC)cc2)C1=O. The van der Waals surface area contributed by atoms with Crippen molar-refractivity contribution in [1.82, 2.24) is 4.90 Å². The summed E-state index contributed by atoms with van der Waals surface area (Å²) in [6, 6.07) is 7.16. The molecule has 0 radical (unpaired) electrons. The minimum atomic E-state index is -1.27. The van der Waals surface area contributed by atoms with Crippen LogP contribution in [0.25, 0.3) is 0 Å². The molecule has 3 unspecified atom stereocenters. The van der Waals surface area contributed by atoms with E-state index in [-0.39, 0.29) is 30.3 Å². The number of nitrogens with zero attached hydrogens (tertiary/aromatic N) is 3. The number of allylic oxidation sites excluding steroid dienone is 3. The molecule has 0 spiro atoms. The Bertz CT molecular complexity index is 1180. The van der Waals surface area contributed by atoms with Gasteiger partial charge >= 0.3 is 0 Å². The van der Waals surface area contributed by atoms with E-state index in [0.717, 1.165) is 12.1 Å². The number of ether oxygens (including phenoxy) is 1. The molecule has 1 aliphatic carbocycles. The van der Waals surface area contributed by atoms with E-state index in [1.807, 2.05) is 61.6 Å². The summed E-state index contributed by atoms with van der Waals surface area (Å²) < 4.78 is 5.93. The zero-order valence-corrected chi connectivity index (χ0v) is 21.9. The van der Waals surface area contributed by atoms with Gasteiger partial charge in [-0.3, -0.25) is 19.5 Å². The maximum absolute atomic E-state index is 13.1. The first-order chi connectivity index (χ1) is 16.7. The summed E-state index contributed by atoms with van der Waals surface area (Å²) in [5.74, 6) is 0.441. The largest absolute Gasteiger partial charge is 0.497 e. The quantitative estimate of drug-likeness (QED) is 0.516. The van der Waals surface area contributed by atoms with E-state index >= 15 is 0 Å². The van der Waals surface area contributed by atoms with Crippen LogP contribution >= 0.6 is 15.9 Å². The van der Waals surface area contributed by atoms with Gasteiger partial charge in [-0.15, -0.1) is 0 Å². The van der Waals surface area contributed by atoms with E-state index in [2.05, 4.69) is 15.9 Å². The van der Waals surface area contributed by atoms with Crippen LogP contribution in [0.4, 0.5) is 5.69 Å². The van der Waals surface area contributed by atoms with Gasteiger partial charge in [-0.25, -0.2) is 0 Å². The summed E-state index contributed by atoms with van der Waals surface area (Å²) >= 11 is 3.45. The lowest BCUT2D eigenvalue weighted by Gasteiger charge is -2.49. The summed E-state index contributed by atoms with van der Waals surface area (Å²) in [7, 11) is 1.60. The molecule has 4 rings (SSSR count). The second kappa shape index (κ2) is 9.95. The number of carbonyl (C=O) groups is 2. The number of imide groups is 1. The van der Waals surface area contributed by atoms with Gasteiger partial charge < -0.3 is 14.7 Å². The van der Waals surface area contributed by atoms with Gasteiger partial charge in [0.2, 0.25) is 0 Å². The van der Waals surface area contributed by atoms with E-state index in [1.54, 1.807) is 25.9 Å². The number of rotatable bonds is 7. The van der Waals surface area contributed by atoms with Gasteiger partial charge in [0.1, 0.15) is 17.3 Å². The zero-order chi connectivity index (χ0) is 25.3. The third-order valence-electron chi connectivity index (χ3n) is 6.66. The monoisotopic (exact) mass is 539 g/mol. The van der Waals surface area contributed by atoms with Crippen LogP contribution in [0.5, 0.6) is 5.75 Å². The number of amidine groups is 1. The predicted octanol–water partition coefficient (Wildman–Crippen LogP) is 4.50. The molecular weight excluding hydrogens is 510 g/mol. The highest BCUT2D eigenvalue weighted by Gasteiger charge is 2.47. The van der Waals surface area contributed by atoms with Gasteiger partial charge in [0.15, 0.2) is 0 Å². The van der Waals surface area contributed by atoms with Crippen molar-refractivity contribution in [2.75, 3.05) is 18.6 Å². The Balaban J connectivity index is 1.65. The molecule has 184 valence electrons. The van der Waals surface area contributed by atoms with E-state index in [1.165, 1.54) is 4.90 Å². The average molecular weight is 540 g/mol. The van der Waals surface area contributed by atoms with Crippen molar-refractivity contribution in [1.29, 1.82) is 0 Å². The molecule has 0 bridgehead atoms. The van der Waals surface area contributed by atoms with Crippen LogP contribution in [0, 0.1) is 5.92 Å². The van der Waals surface area contributed by atoms with Gasteiger partial charge in [-0.2, -0.15) is 0 Å². The Morgan fingerprint density at radius 3 is 2.54 bits per heavy atom. The Hall–Kier alpha value is -2.97. The molecule has 2 amide bonds. The molecule has 7 nitrogen and oxygen atoms in total. The number of aliphatic imine (C=N–C) groups is 1. The molecule has 1 aromatic carbocycles. The second-order valence-corrected chi connectivity index (χ2v) is 9.79. The van der Waals surface area contributed by atoms with Gasteiger partial charge in [0, 0.05) is 28.7 Å². The highest BCUT2D eigenvalue weighted by molar-refractivity contribution is 9.12. The van der Waals surface area contributed by atoms with Crippen molar-refractivity contribution in [2.45, 2.75) is 45.4 Å². The number of hydrogen-bond donors (Lipinski definition) is 1. The zero-order valence-electron chi connectivity index (χ0n) is 20.4. The number of halogens is 1. The molecule has 1 N–H and O–H groups in total. The van der Waals surface area contributed by atoms with E-state index < -0.39 is 5.72 Å². The highest BCUT2D eigenvalue weighted by Crippen LogP contribution is 2.39.